The number of ether oxygens (including phenoxy) is 2. The van der Waals surface area contributed by atoms with Crippen molar-refractivity contribution in [2.75, 3.05) is 12.0 Å². The van der Waals surface area contributed by atoms with Crippen LogP contribution in [0.2, 0.25) is 0 Å². The topological polar surface area (TPSA) is 90.6 Å². The maximum atomic E-state index is 13.8. The Morgan fingerprint density at radius 1 is 1.13 bits per heavy atom. The molecule has 0 spiro atoms. The van der Waals surface area contributed by atoms with Gasteiger partial charge >= 0.3 is 12.1 Å². The van der Waals surface area contributed by atoms with Gasteiger partial charge in [-0.15, -0.1) is 0 Å². The molecule has 11 heteroatoms. The highest BCUT2D eigenvalue weighted by Gasteiger charge is 2.47. The molecule has 3 aliphatic rings. The van der Waals surface area contributed by atoms with Gasteiger partial charge in [0.2, 0.25) is 5.95 Å². The van der Waals surface area contributed by atoms with Gasteiger partial charge in [-0.3, -0.25) is 0 Å². The van der Waals surface area contributed by atoms with E-state index in [1.165, 1.54) is 31.6 Å². The molecule has 6 rings (SSSR count). The number of esters is 1. The molecule has 2 aliphatic heterocycles. The smallest absolute Gasteiger partial charge is 0.417 e. The van der Waals surface area contributed by atoms with E-state index in [2.05, 4.69) is 26.9 Å². The zero-order valence-corrected chi connectivity index (χ0v) is 21.6. The van der Waals surface area contributed by atoms with Crippen LogP contribution in [0.3, 0.4) is 0 Å². The normalized spacial score (nSPS) is 24.7. The summed E-state index contributed by atoms with van der Waals surface area (Å²) in [5.41, 5.74) is 0.384. The molecule has 1 aromatic carbocycles. The molecule has 1 saturated carbocycles. The molecular formula is C28H29F3N4O4. The van der Waals surface area contributed by atoms with Gasteiger partial charge in [-0.25, -0.2) is 14.8 Å². The van der Waals surface area contributed by atoms with Crippen molar-refractivity contribution in [2.45, 2.75) is 75.9 Å². The van der Waals surface area contributed by atoms with Crippen LogP contribution in [0.15, 0.2) is 41.2 Å². The number of carbonyl (C=O) groups excluding carboxylic acids is 1. The van der Waals surface area contributed by atoms with Crippen LogP contribution >= 0.6 is 0 Å². The highest BCUT2D eigenvalue weighted by molar-refractivity contribution is 5.88. The van der Waals surface area contributed by atoms with Gasteiger partial charge in [0.05, 0.1) is 30.9 Å². The number of nitrogens with zero attached hydrogens (tertiary/aromatic N) is 4. The third-order valence-electron chi connectivity index (χ3n) is 8.10. The Kier molecular flexibility index (Phi) is 6.57. The van der Waals surface area contributed by atoms with Gasteiger partial charge in [-0.05, 0) is 44.1 Å². The monoisotopic (exact) mass is 542 g/mol. The first-order valence-corrected chi connectivity index (χ1v) is 13.2. The molecule has 206 valence electrons. The first-order chi connectivity index (χ1) is 18.7. The minimum absolute atomic E-state index is 0.00955. The molecule has 0 radical (unpaired) electrons. The molecule has 4 atom stereocenters. The lowest BCUT2D eigenvalue weighted by molar-refractivity contribution is -0.137. The van der Waals surface area contributed by atoms with E-state index in [1.807, 2.05) is 0 Å². The lowest BCUT2D eigenvalue weighted by Crippen LogP contribution is -2.47. The number of benzene rings is 1. The maximum absolute atomic E-state index is 13.8. The fourth-order valence-corrected chi connectivity index (χ4v) is 6.07. The van der Waals surface area contributed by atoms with Crippen molar-refractivity contribution in [1.82, 2.24) is 15.1 Å². The number of fused-ring (bicyclic) bond motifs is 2. The van der Waals surface area contributed by atoms with Crippen molar-refractivity contribution >= 4 is 11.9 Å². The highest BCUT2D eigenvalue weighted by atomic mass is 19.4. The van der Waals surface area contributed by atoms with E-state index in [0.29, 0.717) is 28.8 Å². The quantitative estimate of drug-likeness (QED) is 0.347. The largest absolute Gasteiger partial charge is 0.465 e. The number of hydrogen-bond acceptors (Lipinski definition) is 8. The standard InChI is InChI=1S/C28H29F3N4O4/c1-15-9-18-10-19(11-23(15)35(18)27-32-12-17(13-33-27)26(36)37-2)38-14-21-24(34-39-25(21)16-7-8-16)20-5-3-4-6-22(20)28(29,30)31/h3-6,12-13,15-16,18-19,23H,7-11,14H2,1-2H3/t15-,18?,19?,23?/m1/s1. The fourth-order valence-electron chi connectivity index (χ4n) is 6.07. The van der Waals surface area contributed by atoms with Crippen LogP contribution in [0.5, 0.6) is 0 Å². The number of piperidine rings is 1. The third kappa shape index (κ3) is 4.88. The van der Waals surface area contributed by atoms with Crippen LogP contribution < -0.4 is 4.90 Å². The number of methoxy groups -OCH3 is 1. The molecule has 8 nitrogen and oxygen atoms in total. The average molecular weight is 543 g/mol. The van der Waals surface area contributed by atoms with Crippen molar-refractivity contribution < 1.29 is 32.0 Å². The molecule has 0 N–H and O–H groups in total. The van der Waals surface area contributed by atoms with E-state index < -0.39 is 17.7 Å². The van der Waals surface area contributed by atoms with Crippen molar-refractivity contribution in [3.05, 3.63) is 59.1 Å². The van der Waals surface area contributed by atoms with Gasteiger partial charge < -0.3 is 18.9 Å². The predicted octanol–water partition coefficient (Wildman–Crippen LogP) is 5.78. The Balaban J connectivity index is 1.21. The number of halogens is 3. The molecule has 3 aromatic rings. The molecule has 1 aliphatic carbocycles. The van der Waals surface area contributed by atoms with Crippen molar-refractivity contribution in [2.24, 2.45) is 5.92 Å². The molecule has 0 amide bonds. The Labute approximate surface area is 223 Å². The molecule has 2 aromatic heterocycles. The SMILES string of the molecule is COC(=O)c1cnc(N2C3CC(OCc4c(-c5ccccc5C(F)(F)F)noc4C4CC4)CC2[C@H](C)C3)nc1. The third-order valence-corrected chi connectivity index (χ3v) is 8.10. The molecular weight excluding hydrogens is 513 g/mol. The minimum Gasteiger partial charge on any atom is -0.465 e. The molecule has 2 saturated heterocycles. The first-order valence-electron chi connectivity index (χ1n) is 13.2. The first kappa shape index (κ1) is 25.8. The summed E-state index contributed by atoms with van der Waals surface area (Å²) in [6, 6.07) is 5.76. The summed E-state index contributed by atoms with van der Waals surface area (Å²) in [7, 11) is 1.31. The number of alkyl halides is 3. The van der Waals surface area contributed by atoms with Gasteiger partial charge in [0.1, 0.15) is 11.5 Å². The Morgan fingerprint density at radius 3 is 2.54 bits per heavy atom. The number of rotatable bonds is 7. The lowest BCUT2D eigenvalue weighted by Gasteiger charge is -2.39. The van der Waals surface area contributed by atoms with E-state index in [0.717, 1.165) is 38.2 Å². The summed E-state index contributed by atoms with van der Waals surface area (Å²) in [6.45, 7) is 2.33. The average Bonchev–Trinajstić information content (AvgIpc) is 3.65. The van der Waals surface area contributed by atoms with Crippen LogP contribution in [0, 0.1) is 5.92 Å². The number of carbonyl (C=O) groups is 1. The zero-order valence-electron chi connectivity index (χ0n) is 21.6. The Hall–Kier alpha value is -3.47. The van der Waals surface area contributed by atoms with Crippen molar-refractivity contribution in [3.8, 4) is 11.3 Å². The van der Waals surface area contributed by atoms with Gasteiger partial charge in [-0.2, -0.15) is 13.2 Å². The second-order valence-electron chi connectivity index (χ2n) is 10.7. The van der Waals surface area contributed by atoms with Crippen molar-refractivity contribution in [1.29, 1.82) is 0 Å². The van der Waals surface area contributed by atoms with E-state index in [1.54, 1.807) is 6.07 Å². The fraction of sp³-hybridized carbons (Fsp3) is 0.500. The number of hydrogen-bond donors (Lipinski definition) is 0. The van der Waals surface area contributed by atoms with Gasteiger partial charge in [-0.1, -0.05) is 30.3 Å². The molecule has 2 bridgehead atoms. The molecule has 3 fully saturated rings. The van der Waals surface area contributed by atoms with Gasteiger partial charge in [0.15, 0.2) is 0 Å². The Morgan fingerprint density at radius 2 is 1.87 bits per heavy atom. The minimum atomic E-state index is -4.51. The van der Waals surface area contributed by atoms with Crippen LogP contribution in [0.4, 0.5) is 19.1 Å². The van der Waals surface area contributed by atoms with Crippen LogP contribution in [-0.2, 0) is 22.3 Å². The second-order valence-corrected chi connectivity index (χ2v) is 10.7. The molecule has 4 heterocycles. The van der Waals surface area contributed by atoms with Crippen LogP contribution in [0.1, 0.15) is 72.2 Å². The van der Waals surface area contributed by atoms with E-state index in [9.17, 15) is 18.0 Å². The Bertz CT molecular complexity index is 1360. The summed E-state index contributed by atoms with van der Waals surface area (Å²) >= 11 is 0. The van der Waals surface area contributed by atoms with E-state index in [4.69, 9.17) is 14.0 Å². The van der Waals surface area contributed by atoms with E-state index in [-0.39, 0.29) is 42.0 Å². The molecule has 39 heavy (non-hydrogen) atoms. The molecule has 3 unspecified atom stereocenters. The van der Waals surface area contributed by atoms with Gasteiger partial charge in [0.25, 0.3) is 0 Å². The predicted molar refractivity (Wildman–Crippen MR) is 134 cm³/mol. The van der Waals surface area contributed by atoms with Crippen molar-refractivity contribution in [3.63, 3.8) is 0 Å². The van der Waals surface area contributed by atoms with Crippen LogP contribution in [-0.4, -0.2) is 46.4 Å². The zero-order chi connectivity index (χ0) is 27.3. The summed E-state index contributed by atoms with van der Waals surface area (Å²) in [5.74, 6) is 1.28. The summed E-state index contributed by atoms with van der Waals surface area (Å²) in [6.07, 6.45) is 2.65. The number of aromatic nitrogens is 3. The number of anilines is 1. The van der Waals surface area contributed by atoms with Gasteiger partial charge in [0, 0.05) is 41.5 Å². The summed E-state index contributed by atoms with van der Waals surface area (Å²) in [5, 5.41) is 4.10. The van der Waals surface area contributed by atoms with Crippen LogP contribution in [0.25, 0.3) is 11.3 Å². The summed E-state index contributed by atoms with van der Waals surface area (Å²) < 4.78 is 58.1. The lowest BCUT2D eigenvalue weighted by atomic mass is 9.97. The van der Waals surface area contributed by atoms with E-state index >= 15 is 0 Å². The highest BCUT2D eigenvalue weighted by Crippen LogP contribution is 2.47. The maximum Gasteiger partial charge on any atom is 0.417 e. The second kappa shape index (κ2) is 9.93. The summed E-state index contributed by atoms with van der Waals surface area (Å²) in [4.78, 5) is 22.8.